The molecule has 0 spiro atoms. The molecule has 18 heavy (non-hydrogen) atoms. The molecule has 1 heterocycles. The topological polar surface area (TPSA) is 46.2 Å². The van der Waals surface area contributed by atoms with Crippen LogP contribution >= 0.6 is 0 Å². The van der Waals surface area contributed by atoms with E-state index in [1.807, 2.05) is 25.1 Å². The molecule has 102 valence electrons. The predicted molar refractivity (Wildman–Crippen MR) is 75.8 cm³/mol. The van der Waals surface area contributed by atoms with E-state index in [1.165, 1.54) is 0 Å². The Balaban J connectivity index is 2.51. The van der Waals surface area contributed by atoms with Gasteiger partial charge >= 0.3 is 0 Å². The zero-order valence-corrected chi connectivity index (χ0v) is 12.1. The SMILES string of the molecule is COC(C)CNc1cccc(CNC(C)(C)C)n1. The van der Waals surface area contributed by atoms with Crippen LogP contribution in [0.4, 0.5) is 5.82 Å². The van der Waals surface area contributed by atoms with Crippen molar-refractivity contribution in [1.82, 2.24) is 10.3 Å². The van der Waals surface area contributed by atoms with Gasteiger partial charge in [0.15, 0.2) is 0 Å². The molecule has 1 aromatic heterocycles. The van der Waals surface area contributed by atoms with Gasteiger partial charge in [-0.15, -0.1) is 0 Å². The van der Waals surface area contributed by atoms with Crippen LogP contribution in [-0.4, -0.2) is 30.3 Å². The summed E-state index contributed by atoms with van der Waals surface area (Å²) in [6, 6.07) is 6.03. The Morgan fingerprint density at radius 1 is 1.33 bits per heavy atom. The molecule has 0 fully saturated rings. The highest BCUT2D eigenvalue weighted by molar-refractivity contribution is 5.35. The number of nitrogens with zero attached hydrogens (tertiary/aromatic N) is 1. The van der Waals surface area contributed by atoms with Crippen molar-refractivity contribution < 1.29 is 4.74 Å². The lowest BCUT2D eigenvalue weighted by molar-refractivity contribution is 0.128. The normalized spacial score (nSPS) is 13.4. The third-order valence-electron chi connectivity index (χ3n) is 2.58. The lowest BCUT2D eigenvalue weighted by atomic mass is 10.1. The van der Waals surface area contributed by atoms with E-state index in [9.17, 15) is 0 Å². The molecule has 0 amide bonds. The minimum atomic E-state index is 0.107. The molecule has 4 heteroatoms. The van der Waals surface area contributed by atoms with Crippen molar-refractivity contribution in [3.63, 3.8) is 0 Å². The second-order valence-corrected chi connectivity index (χ2v) is 5.54. The summed E-state index contributed by atoms with van der Waals surface area (Å²) in [5, 5.41) is 6.70. The van der Waals surface area contributed by atoms with Crippen molar-refractivity contribution in [2.45, 2.75) is 45.9 Å². The molecule has 2 N–H and O–H groups in total. The van der Waals surface area contributed by atoms with E-state index >= 15 is 0 Å². The van der Waals surface area contributed by atoms with E-state index in [0.717, 1.165) is 24.6 Å². The molecular weight excluding hydrogens is 226 g/mol. The van der Waals surface area contributed by atoms with Gasteiger partial charge in [-0.05, 0) is 39.8 Å². The van der Waals surface area contributed by atoms with Crippen molar-refractivity contribution in [2.75, 3.05) is 19.0 Å². The van der Waals surface area contributed by atoms with Gasteiger partial charge in [0.05, 0.1) is 11.8 Å². The lowest BCUT2D eigenvalue weighted by Crippen LogP contribution is -2.35. The quantitative estimate of drug-likeness (QED) is 0.815. The first-order valence-electron chi connectivity index (χ1n) is 6.38. The summed E-state index contributed by atoms with van der Waals surface area (Å²) in [6.45, 7) is 10.0. The van der Waals surface area contributed by atoms with Gasteiger partial charge in [-0.1, -0.05) is 6.07 Å². The van der Waals surface area contributed by atoms with Crippen molar-refractivity contribution >= 4 is 5.82 Å². The van der Waals surface area contributed by atoms with Crippen molar-refractivity contribution in [2.24, 2.45) is 0 Å². The maximum absolute atomic E-state index is 5.19. The second kappa shape index (κ2) is 6.71. The van der Waals surface area contributed by atoms with Crippen molar-refractivity contribution in [3.8, 4) is 0 Å². The molecule has 0 aromatic carbocycles. The molecular formula is C14H25N3O. The van der Waals surface area contributed by atoms with Crippen molar-refractivity contribution in [1.29, 1.82) is 0 Å². The number of pyridine rings is 1. The van der Waals surface area contributed by atoms with Crippen LogP contribution in [0.2, 0.25) is 0 Å². The molecule has 1 atom stereocenters. The molecule has 0 aliphatic heterocycles. The molecule has 0 saturated carbocycles. The number of hydrogen-bond donors (Lipinski definition) is 2. The Bertz CT molecular complexity index is 360. The highest BCUT2D eigenvalue weighted by Gasteiger charge is 2.09. The first-order valence-corrected chi connectivity index (χ1v) is 6.38. The van der Waals surface area contributed by atoms with Crippen LogP contribution in [0.1, 0.15) is 33.4 Å². The Labute approximate surface area is 110 Å². The summed E-state index contributed by atoms with van der Waals surface area (Å²) in [7, 11) is 1.71. The Morgan fingerprint density at radius 3 is 2.67 bits per heavy atom. The molecule has 1 unspecified atom stereocenters. The van der Waals surface area contributed by atoms with Gasteiger partial charge in [0.1, 0.15) is 5.82 Å². The number of hydrogen-bond acceptors (Lipinski definition) is 4. The molecule has 0 bridgehead atoms. The minimum Gasteiger partial charge on any atom is -0.380 e. The predicted octanol–water partition coefficient (Wildman–Crippen LogP) is 2.42. The van der Waals surface area contributed by atoms with E-state index in [0.29, 0.717) is 0 Å². The number of nitrogens with one attached hydrogen (secondary N) is 2. The third-order valence-corrected chi connectivity index (χ3v) is 2.58. The highest BCUT2D eigenvalue weighted by Crippen LogP contribution is 2.07. The first kappa shape index (κ1) is 14.9. The van der Waals surface area contributed by atoms with Crippen molar-refractivity contribution in [3.05, 3.63) is 23.9 Å². The van der Waals surface area contributed by atoms with E-state index in [-0.39, 0.29) is 11.6 Å². The average molecular weight is 251 g/mol. The Hall–Kier alpha value is -1.13. The van der Waals surface area contributed by atoms with Gasteiger partial charge in [-0.3, -0.25) is 0 Å². The van der Waals surface area contributed by atoms with Gasteiger partial charge < -0.3 is 15.4 Å². The fourth-order valence-corrected chi connectivity index (χ4v) is 1.36. The van der Waals surface area contributed by atoms with Crippen LogP contribution in [0.25, 0.3) is 0 Å². The summed E-state index contributed by atoms with van der Waals surface area (Å²) in [4.78, 5) is 4.55. The third kappa shape index (κ3) is 5.98. The monoisotopic (exact) mass is 251 g/mol. The Kier molecular flexibility index (Phi) is 5.56. The first-order chi connectivity index (χ1) is 8.40. The van der Waals surface area contributed by atoms with Crippen LogP contribution in [0.3, 0.4) is 0 Å². The smallest absolute Gasteiger partial charge is 0.126 e. The summed E-state index contributed by atoms with van der Waals surface area (Å²) in [5.41, 5.74) is 1.15. The second-order valence-electron chi connectivity index (χ2n) is 5.54. The lowest BCUT2D eigenvalue weighted by Gasteiger charge is -2.20. The van der Waals surface area contributed by atoms with Gasteiger partial charge in [0, 0.05) is 25.7 Å². The van der Waals surface area contributed by atoms with E-state index < -0.39 is 0 Å². The van der Waals surface area contributed by atoms with Crippen LogP contribution in [-0.2, 0) is 11.3 Å². The van der Waals surface area contributed by atoms with Gasteiger partial charge in [0.2, 0.25) is 0 Å². The zero-order chi connectivity index (χ0) is 13.6. The molecule has 0 aliphatic carbocycles. The summed E-state index contributed by atoms with van der Waals surface area (Å²) < 4.78 is 5.19. The maximum atomic E-state index is 5.19. The summed E-state index contributed by atoms with van der Waals surface area (Å²) in [6.07, 6.45) is 0.183. The fraction of sp³-hybridized carbons (Fsp3) is 0.643. The van der Waals surface area contributed by atoms with Gasteiger partial charge in [-0.25, -0.2) is 4.98 Å². The summed E-state index contributed by atoms with van der Waals surface area (Å²) >= 11 is 0. The highest BCUT2D eigenvalue weighted by atomic mass is 16.5. The van der Waals surface area contributed by atoms with Gasteiger partial charge in [-0.2, -0.15) is 0 Å². The molecule has 1 rings (SSSR count). The van der Waals surface area contributed by atoms with Gasteiger partial charge in [0.25, 0.3) is 0 Å². The Morgan fingerprint density at radius 2 is 2.06 bits per heavy atom. The molecule has 0 saturated heterocycles. The number of anilines is 1. The maximum Gasteiger partial charge on any atom is 0.126 e. The van der Waals surface area contributed by atoms with Crippen LogP contribution in [0.15, 0.2) is 18.2 Å². The number of rotatable bonds is 6. The minimum absolute atomic E-state index is 0.107. The molecule has 4 nitrogen and oxygen atoms in total. The van der Waals surface area contributed by atoms with Crippen LogP contribution < -0.4 is 10.6 Å². The van der Waals surface area contributed by atoms with E-state index in [2.05, 4.69) is 36.4 Å². The number of ether oxygens (including phenoxy) is 1. The standard InChI is InChI=1S/C14H25N3O/c1-11(18-5)9-15-13-8-6-7-12(17-13)10-16-14(2,3)4/h6-8,11,16H,9-10H2,1-5H3,(H,15,17). The van der Waals surface area contributed by atoms with E-state index in [4.69, 9.17) is 4.74 Å². The van der Waals surface area contributed by atoms with Crippen LogP contribution in [0, 0.1) is 0 Å². The molecule has 1 aromatic rings. The number of aromatic nitrogens is 1. The fourth-order valence-electron chi connectivity index (χ4n) is 1.36. The largest absolute Gasteiger partial charge is 0.380 e. The summed E-state index contributed by atoms with van der Waals surface area (Å²) in [5.74, 6) is 0.895. The number of methoxy groups -OCH3 is 1. The molecule has 0 aliphatic rings. The van der Waals surface area contributed by atoms with E-state index in [1.54, 1.807) is 7.11 Å². The zero-order valence-electron chi connectivity index (χ0n) is 12.1. The average Bonchev–Trinajstić information content (AvgIpc) is 2.33. The van der Waals surface area contributed by atoms with Crippen LogP contribution in [0.5, 0.6) is 0 Å². The molecule has 0 radical (unpaired) electrons.